The Kier molecular flexibility index (Phi) is 4.10. The van der Waals surface area contributed by atoms with E-state index < -0.39 is 5.91 Å². The van der Waals surface area contributed by atoms with Gasteiger partial charge in [0.2, 0.25) is 5.96 Å². The molecule has 0 bridgehead atoms. The molecule has 86 valence electrons. The third-order valence-electron chi connectivity index (χ3n) is 1.62. The summed E-state index contributed by atoms with van der Waals surface area (Å²) < 4.78 is 5.06. The van der Waals surface area contributed by atoms with E-state index in [0.717, 1.165) is 0 Å². The van der Waals surface area contributed by atoms with Crippen LogP contribution in [0, 0.1) is 0 Å². The molecular weight excluding hydrogens is 210 g/mol. The number of nitrogens with zero attached hydrogens (tertiary/aromatic N) is 1. The molecule has 0 spiro atoms. The number of amides is 1. The number of aliphatic imine (C=N–C) groups is 1. The van der Waals surface area contributed by atoms with Gasteiger partial charge in [-0.2, -0.15) is 0 Å². The third-order valence-corrected chi connectivity index (χ3v) is 1.62. The summed E-state index contributed by atoms with van der Waals surface area (Å²) in [5.41, 5.74) is 13.1. The second-order valence-corrected chi connectivity index (χ2v) is 2.89. The lowest BCUT2D eigenvalue weighted by Crippen LogP contribution is -2.36. The molecule has 0 radical (unpaired) electrons. The zero-order valence-corrected chi connectivity index (χ0v) is 8.51. The molecule has 0 heterocycles. The predicted octanol–water partition coefficient (Wildman–Crippen LogP) is -1.04. The largest absolute Gasteiger partial charge is 0.484 e. The Hall–Kier alpha value is -2.28. The molecule has 0 unspecified atom stereocenters. The maximum atomic E-state index is 10.5. The van der Waals surface area contributed by atoms with Crippen molar-refractivity contribution in [1.82, 2.24) is 5.43 Å². The molecule has 1 aromatic carbocycles. The molecule has 0 fully saturated rings. The normalized spacial score (nSPS) is 10.9. The fourth-order valence-electron chi connectivity index (χ4n) is 0.943. The molecule has 1 amide bonds. The Morgan fingerprint density at radius 2 is 1.94 bits per heavy atom. The van der Waals surface area contributed by atoms with Crippen molar-refractivity contribution in [2.45, 2.75) is 0 Å². The summed E-state index contributed by atoms with van der Waals surface area (Å²) in [6.45, 7) is -0.158. The molecule has 0 aliphatic heterocycles. The first-order valence-corrected chi connectivity index (χ1v) is 4.44. The molecule has 0 saturated carbocycles. The van der Waals surface area contributed by atoms with Gasteiger partial charge in [0.25, 0.3) is 5.91 Å². The first kappa shape index (κ1) is 11.8. The molecule has 7 heteroatoms. The van der Waals surface area contributed by atoms with Crippen LogP contribution in [-0.4, -0.2) is 18.5 Å². The Morgan fingerprint density at radius 3 is 2.44 bits per heavy atom. The minimum atomic E-state index is -0.529. The number of benzene rings is 1. The van der Waals surface area contributed by atoms with Crippen LogP contribution in [0.1, 0.15) is 0 Å². The highest BCUT2D eigenvalue weighted by Gasteiger charge is 1.97. The number of carbonyl (C=O) groups excluding carboxylic acids is 1. The SMILES string of the molecule is NNC(N)=Nc1ccc(OCC(N)=O)cc1. The van der Waals surface area contributed by atoms with Crippen molar-refractivity contribution in [3.63, 3.8) is 0 Å². The van der Waals surface area contributed by atoms with Gasteiger partial charge in [-0.3, -0.25) is 10.2 Å². The third kappa shape index (κ3) is 3.84. The van der Waals surface area contributed by atoms with Gasteiger partial charge in [-0.25, -0.2) is 10.8 Å². The van der Waals surface area contributed by atoms with E-state index in [-0.39, 0.29) is 12.6 Å². The molecule has 0 aliphatic carbocycles. The van der Waals surface area contributed by atoms with Crippen LogP contribution in [0.5, 0.6) is 5.75 Å². The molecule has 0 aromatic heterocycles. The highest BCUT2D eigenvalue weighted by Crippen LogP contribution is 2.17. The van der Waals surface area contributed by atoms with Crippen LogP contribution < -0.4 is 27.5 Å². The van der Waals surface area contributed by atoms with E-state index in [9.17, 15) is 4.79 Å². The number of hydrazine groups is 1. The summed E-state index contributed by atoms with van der Waals surface area (Å²) in [6, 6.07) is 6.62. The van der Waals surface area contributed by atoms with Crippen LogP contribution in [0.15, 0.2) is 29.3 Å². The molecule has 1 aromatic rings. The van der Waals surface area contributed by atoms with Gasteiger partial charge in [0.15, 0.2) is 6.61 Å². The number of ether oxygens (including phenoxy) is 1. The Balaban J connectivity index is 2.64. The number of hydrogen-bond acceptors (Lipinski definition) is 4. The van der Waals surface area contributed by atoms with Crippen molar-refractivity contribution in [2.75, 3.05) is 6.61 Å². The number of nitrogens with one attached hydrogen (secondary N) is 1. The molecular formula is C9H13N5O2. The quantitative estimate of drug-likeness (QED) is 0.224. The van der Waals surface area contributed by atoms with E-state index in [2.05, 4.69) is 10.4 Å². The van der Waals surface area contributed by atoms with E-state index in [1.807, 2.05) is 0 Å². The van der Waals surface area contributed by atoms with Crippen molar-refractivity contribution < 1.29 is 9.53 Å². The maximum Gasteiger partial charge on any atom is 0.255 e. The number of rotatable bonds is 4. The lowest BCUT2D eigenvalue weighted by Gasteiger charge is -2.03. The maximum absolute atomic E-state index is 10.5. The van der Waals surface area contributed by atoms with Crippen LogP contribution in [0.3, 0.4) is 0 Å². The monoisotopic (exact) mass is 223 g/mol. The van der Waals surface area contributed by atoms with Crippen LogP contribution in [0.4, 0.5) is 5.69 Å². The standard InChI is InChI=1S/C9H13N5O2/c10-8(15)5-16-7-3-1-6(2-4-7)13-9(11)14-12/h1-4H,5,12H2,(H2,10,15)(H3,11,13,14). The minimum absolute atomic E-state index is 0.103. The van der Waals surface area contributed by atoms with Crippen molar-refractivity contribution in [1.29, 1.82) is 0 Å². The van der Waals surface area contributed by atoms with Gasteiger partial charge < -0.3 is 16.2 Å². The molecule has 16 heavy (non-hydrogen) atoms. The highest BCUT2D eigenvalue weighted by molar-refractivity contribution is 5.80. The minimum Gasteiger partial charge on any atom is -0.484 e. The van der Waals surface area contributed by atoms with Crippen molar-refractivity contribution in [2.24, 2.45) is 22.3 Å². The smallest absolute Gasteiger partial charge is 0.255 e. The van der Waals surface area contributed by atoms with Crippen LogP contribution in [0.25, 0.3) is 0 Å². The summed E-state index contributed by atoms with van der Waals surface area (Å²) in [7, 11) is 0. The van der Waals surface area contributed by atoms with Crippen LogP contribution >= 0.6 is 0 Å². The zero-order valence-electron chi connectivity index (χ0n) is 8.51. The van der Waals surface area contributed by atoms with Gasteiger partial charge in [0.05, 0.1) is 5.69 Å². The number of hydrogen-bond donors (Lipinski definition) is 4. The Labute approximate surface area is 92.2 Å². The fraction of sp³-hybridized carbons (Fsp3) is 0.111. The van der Waals surface area contributed by atoms with E-state index in [1.54, 1.807) is 24.3 Å². The molecule has 0 atom stereocenters. The van der Waals surface area contributed by atoms with Gasteiger partial charge in [-0.05, 0) is 24.3 Å². The number of carbonyl (C=O) groups is 1. The van der Waals surface area contributed by atoms with Crippen molar-refractivity contribution in [3.8, 4) is 5.75 Å². The van der Waals surface area contributed by atoms with Gasteiger partial charge in [0, 0.05) is 0 Å². The van der Waals surface area contributed by atoms with E-state index in [1.165, 1.54) is 0 Å². The topological polar surface area (TPSA) is 129 Å². The molecule has 7 N–H and O–H groups in total. The summed E-state index contributed by atoms with van der Waals surface area (Å²) in [5.74, 6) is 5.15. The lowest BCUT2D eigenvalue weighted by molar-refractivity contribution is -0.119. The fourth-order valence-corrected chi connectivity index (χ4v) is 0.943. The van der Waals surface area contributed by atoms with E-state index in [4.69, 9.17) is 22.0 Å². The first-order valence-electron chi connectivity index (χ1n) is 4.44. The van der Waals surface area contributed by atoms with Crippen molar-refractivity contribution >= 4 is 17.6 Å². The Morgan fingerprint density at radius 1 is 1.31 bits per heavy atom. The van der Waals surface area contributed by atoms with Gasteiger partial charge in [-0.15, -0.1) is 0 Å². The molecule has 7 nitrogen and oxygen atoms in total. The Bertz CT molecular complexity index is 387. The number of guanidine groups is 1. The average molecular weight is 223 g/mol. The highest BCUT2D eigenvalue weighted by atomic mass is 16.5. The summed E-state index contributed by atoms with van der Waals surface area (Å²) in [5, 5.41) is 0. The second-order valence-electron chi connectivity index (χ2n) is 2.89. The van der Waals surface area contributed by atoms with Crippen LogP contribution in [-0.2, 0) is 4.79 Å². The number of nitrogens with two attached hydrogens (primary N) is 3. The lowest BCUT2D eigenvalue weighted by atomic mass is 10.3. The van der Waals surface area contributed by atoms with Gasteiger partial charge in [0.1, 0.15) is 5.75 Å². The van der Waals surface area contributed by atoms with Gasteiger partial charge >= 0.3 is 0 Å². The average Bonchev–Trinajstić information content (AvgIpc) is 2.28. The summed E-state index contributed by atoms with van der Waals surface area (Å²) >= 11 is 0. The first-order chi connectivity index (χ1) is 7.61. The molecule has 0 saturated heterocycles. The molecule has 1 rings (SSSR count). The van der Waals surface area contributed by atoms with E-state index >= 15 is 0 Å². The molecule has 0 aliphatic rings. The predicted molar refractivity (Wildman–Crippen MR) is 59.7 cm³/mol. The zero-order chi connectivity index (χ0) is 12.0. The van der Waals surface area contributed by atoms with Crippen LogP contribution in [0.2, 0.25) is 0 Å². The number of primary amides is 1. The summed E-state index contributed by atoms with van der Waals surface area (Å²) in [4.78, 5) is 14.4. The van der Waals surface area contributed by atoms with Crippen molar-refractivity contribution in [3.05, 3.63) is 24.3 Å². The second kappa shape index (κ2) is 5.56. The summed E-state index contributed by atoms with van der Waals surface area (Å²) in [6.07, 6.45) is 0. The van der Waals surface area contributed by atoms with Gasteiger partial charge in [-0.1, -0.05) is 0 Å². The van der Waals surface area contributed by atoms with E-state index in [0.29, 0.717) is 11.4 Å².